The fraction of sp³-hybridized carbons (Fsp3) is 0.200. The van der Waals surface area contributed by atoms with Gasteiger partial charge in [0.05, 0.1) is 17.4 Å². The molecule has 0 fully saturated rings. The number of imidazole rings is 1. The van der Waals surface area contributed by atoms with Crippen molar-refractivity contribution in [2.45, 2.75) is 19.6 Å². The van der Waals surface area contributed by atoms with Gasteiger partial charge < -0.3 is 20.1 Å². The number of nitrogens with one attached hydrogen (secondary N) is 2. The summed E-state index contributed by atoms with van der Waals surface area (Å²) in [5, 5.41) is 5.82. The van der Waals surface area contributed by atoms with Crippen LogP contribution < -0.4 is 15.5 Å². The lowest BCUT2D eigenvalue weighted by Gasteiger charge is -2.13. The second-order valence-electron chi connectivity index (χ2n) is 7.77. The van der Waals surface area contributed by atoms with Crippen LogP contribution in [-0.4, -0.2) is 29.7 Å². The number of benzene rings is 3. The maximum absolute atomic E-state index is 12.1. The van der Waals surface area contributed by atoms with Crippen LogP contribution in [0.25, 0.3) is 11.0 Å². The van der Waals surface area contributed by atoms with Crippen LogP contribution in [0, 0.1) is 0 Å². The first-order valence-electron chi connectivity index (χ1n) is 10.3. The molecular formula is C25H27N5O. The van der Waals surface area contributed by atoms with Gasteiger partial charge in [0, 0.05) is 39.4 Å². The third kappa shape index (κ3) is 5.22. The van der Waals surface area contributed by atoms with E-state index in [0.29, 0.717) is 13.1 Å². The molecule has 2 amide bonds. The predicted molar refractivity (Wildman–Crippen MR) is 125 cm³/mol. The molecule has 1 aromatic heterocycles. The molecule has 0 saturated heterocycles. The average molecular weight is 414 g/mol. The highest BCUT2D eigenvalue weighted by molar-refractivity contribution is 5.75. The number of amides is 2. The fourth-order valence-electron chi connectivity index (χ4n) is 3.43. The molecule has 3 aromatic carbocycles. The number of para-hydroxylation sites is 2. The first kappa shape index (κ1) is 20.5. The van der Waals surface area contributed by atoms with Crippen molar-refractivity contribution in [3.8, 4) is 0 Å². The van der Waals surface area contributed by atoms with Crippen LogP contribution in [0.2, 0.25) is 0 Å². The van der Waals surface area contributed by atoms with Crippen molar-refractivity contribution in [1.82, 2.24) is 20.2 Å². The lowest BCUT2D eigenvalue weighted by atomic mass is 10.1. The number of hydrogen-bond acceptors (Lipinski definition) is 3. The summed E-state index contributed by atoms with van der Waals surface area (Å²) in [5.41, 5.74) is 6.58. The molecule has 4 rings (SSSR count). The van der Waals surface area contributed by atoms with Gasteiger partial charge in [-0.1, -0.05) is 48.5 Å². The largest absolute Gasteiger partial charge is 0.378 e. The highest BCUT2D eigenvalue weighted by Crippen LogP contribution is 2.15. The van der Waals surface area contributed by atoms with Crippen molar-refractivity contribution in [2.24, 2.45) is 0 Å². The molecule has 158 valence electrons. The van der Waals surface area contributed by atoms with Crippen molar-refractivity contribution in [3.05, 3.63) is 95.8 Å². The molecular weight excluding hydrogens is 386 g/mol. The Bertz CT molecular complexity index is 1150. The third-order valence-corrected chi connectivity index (χ3v) is 5.26. The average Bonchev–Trinajstić information content (AvgIpc) is 3.20. The van der Waals surface area contributed by atoms with E-state index in [4.69, 9.17) is 0 Å². The van der Waals surface area contributed by atoms with E-state index >= 15 is 0 Å². The van der Waals surface area contributed by atoms with Crippen LogP contribution in [-0.2, 0) is 19.6 Å². The van der Waals surface area contributed by atoms with Gasteiger partial charge in [0.15, 0.2) is 0 Å². The molecule has 2 N–H and O–H groups in total. The number of fused-ring (bicyclic) bond motifs is 1. The van der Waals surface area contributed by atoms with E-state index in [9.17, 15) is 4.79 Å². The van der Waals surface area contributed by atoms with Gasteiger partial charge in [-0.3, -0.25) is 0 Å². The zero-order valence-electron chi connectivity index (χ0n) is 17.9. The number of hydrogen-bond donors (Lipinski definition) is 2. The number of anilines is 1. The summed E-state index contributed by atoms with van der Waals surface area (Å²) >= 11 is 0. The maximum atomic E-state index is 12.1. The number of nitrogens with zero attached hydrogens (tertiary/aromatic N) is 3. The van der Waals surface area contributed by atoms with Crippen LogP contribution in [0.15, 0.2) is 79.1 Å². The van der Waals surface area contributed by atoms with Crippen LogP contribution >= 0.6 is 0 Å². The van der Waals surface area contributed by atoms with Crippen molar-refractivity contribution in [2.75, 3.05) is 19.0 Å². The van der Waals surface area contributed by atoms with E-state index in [1.54, 1.807) is 0 Å². The van der Waals surface area contributed by atoms with Gasteiger partial charge in [0.2, 0.25) is 0 Å². The molecule has 0 aliphatic heterocycles. The Hall–Kier alpha value is -3.80. The molecule has 0 radical (unpaired) electrons. The van der Waals surface area contributed by atoms with E-state index in [1.807, 2.05) is 67.8 Å². The van der Waals surface area contributed by atoms with Crippen molar-refractivity contribution in [3.63, 3.8) is 0 Å². The minimum Gasteiger partial charge on any atom is -0.378 e. The molecule has 4 aromatic rings. The molecule has 0 bridgehead atoms. The van der Waals surface area contributed by atoms with Gasteiger partial charge in [-0.15, -0.1) is 0 Å². The number of rotatable bonds is 7. The van der Waals surface area contributed by atoms with Crippen LogP contribution in [0.1, 0.15) is 16.7 Å². The van der Waals surface area contributed by atoms with Crippen LogP contribution in [0.3, 0.4) is 0 Å². The monoisotopic (exact) mass is 413 g/mol. The Morgan fingerprint density at radius 2 is 1.42 bits per heavy atom. The molecule has 0 saturated carbocycles. The molecule has 6 heteroatoms. The molecule has 6 nitrogen and oxygen atoms in total. The van der Waals surface area contributed by atoms with Gasteiger partial charge in [-0.2, -0.15) is 0 Å². The summed E-state index contributed by atoms with van der Waals surface area (Å²) in [6, 6.07) is 24.4. The van der Waals surface area contributed by atoms with E-state index in [-0.39, 0.29) is 6.03 Å². The molecule has 0 spiro atoms. The quantitative estimate of drug-likeness (QED) is 0.478. The smallest absolute Gasteiger partial charge is 0.315 e. The molecule has 0 atom stereocenters. The van der Waals surface area contributed by atoms with E-state index < -0.39 is 0 Å². The summed E-state index contributed by atoms with van der Waals surface area (Å²) in [6.07, 6.45) is 1.87. The minimum absolute atomic E-state index is 0.175. The van der Waals surface area contributed by atoms with E-state index in [2.05, 4.69) is 50.5 Å². The SMILES string of the molecule is CN(C)c1ccc(CNC(=O)NCc2ccc(Cn3cnc4ccccc43)cc2)cc1. The first-order valence-corrected chi connectivity index (χ1v) is 10.3. The summed E-state index contributed by atoms with van der Waals surface area (Å²) in [6.45, 7) is 1.75. The van der Waals surface area contributed by atoms with Gasteiger partial charge >= 0.3 is 6.03 Å². The van der Waals surface area contributed by atoms with Crippen molar-refractivity contribution in [1.29, 1.82) is 0 Å². The summed E-state index contributed by atoms with van der Waals surface area (Å²) in [4.78, 5) is 18.6. The van der Waals surface area contributed by atoms with Crippen molar-refractivity contribution < 1.29 is 4.79 Å². The molecule has 31 heavy (non-hydrogen) atoms. The number of carbonyl (C=O) groups excluding carboxylic acids is 1. The number of aromatic nitrogens is 2. The highest BCUT2D eigenvalue weighted by Gasteiger charge is 2.04. The number of carbonyl (C=O) groups is 1. The Morgan fingerprint density at radius 1 is 0.839 bits per heavy atom. The summed E-state index contributed by atoms with van der Waals surface area (Å²) in [5.74, 6) is 0. The van der Waals surface area contributed by atoms with Gasteiger partial charge in [0.1, 0.15) is 0 Å². The van der Waals surface area contributed by atoms with Crippen molar-refractivity contribution >= 4 is 22.8 Å². The van der Waals surface area contributed by atoms with E-state index in [1.165, 1.54) is 5.56 Å². The number of urea groups is 1. The Balaban J connectivity index is 1.25. The van der Waals surface area contributed by atoms with Gasteiger partial charge in [-0.05, 0) is 41.0 Å². The molecule has 1 heterocycles. The second-order valence-corrected chi connectivity index (χ2v) is 7.77. The predicted octanol–water partition coefficient (Wildman–Crippen LogP) is 4.15. The Morgan fingerprint density at radius 3 is 2.06 bits per heavy atom. The lowest BCUT2D eigenvalue weighted by Crippen LogP contribution is -2.34. The molecule has 0 aliphatic rings. The van der Waals surface area contributed by atoms with Crippen LogP contribution in [0.4, 0.5) is 10.5 Å². The molecule has 0 unspecified atom stereocenters. The topological polar surface area (TPSA) is 62.2 Å². The summed E-state index contributed by atoms with van der Waals surface area (Å²) in [7, 11) is 4.01. The fourth-order valence-corrected chi connectivity index (χ4v) is 3.43. The standard InChI is InChI=1S/C25H27N5O/c1-29(2)22-13-11-20(12-14-22)16-27-25(31)26-15-19-7-9-21(10-8-19)17-30-18-28-23-5-3-4-6-24(23)30/h3-14,18H,15-17H2,1-2H3,(H2,26,27,31). The lowest BCUT2D eigenvalue weighted by molar-refractivity contribution is 0.240. The zero-order chi connectivity index (χ0) is 21.6. The first-order chi connectivity index (χ1) is 15.1. The molecule has 0 aliphatic carbocycles. The zero-order valence-corrected chi connectivity index (χ0v) is 17.9. The van der Waals surface area contributed by atoms with Gasteiger partial charge in [0.25, 0.3) is 0 Å². The Labute approximate surface area is 182 Å². The normalized spacial score (nSPS) is 10.8. The van der Waals surface area contributed by atoms with Crippen LogP contribution in [0.5, 0.6) is 0 Å². The van der Waals surface area contributed by atoms with Gasteiger partial charge in [-0.25, -0.2) is 9.78 Å². The third-order valence-electron chi connectivity index (χ3n) is 5.26. The van der Waals surface area contributed by atoms with E-state index in [0.717, 1.165) is 34.4 Å². The Kier molecular flexibility index (Phi) is 6.17. The minimum atomic E-state index is -0.175. The second kappa shape index (κ2) is 9.34. The highest BCUT2D eigenvalue weighted by atomic mass is 16.2. The summed E-state index contributed by atoms with van der Waals surface area (Å²) < 4.78 is 2.14. The maximum Gasteiger partial charge on any atom is 0.315 e.